The van der Waals surface area contributed by atoms with Crippen LogP contribution in [0, 0.1) is 0 Å². The third kappa shape index (κ3) is 2.76. The van der Waals surface area contributed by atoms with Crippen LogP contribution in [-0.2, 0) is 11.2 Å². The summed E-state index contributed by atoms with van der Waals surface area (Å²) in [7, 11) is 0. The average molecular weight is 256 g/mol. The number of benzene rings is 1. The van der Waals surface area contributed by atoms with Gasteiger partial charge in [0.2, 0.25) is 5.91 Å². The zero-order chi connectivity index (χ0) is 13.8. The molecule has 1 unspecified atom stereocenters. The van der Waals surface area contributed by atoms with Gasteiger partial charge in [-0.3, -0.25) is 9.69 Å². The fourth-order valence-corrected chi connectivity index (χ4v) is 2.58. The van der Waals surface area contributed by atoms with E-state index in [4.69, 9.17) is 0 Å². The molecule has 1 aromatic rings. The average Bonchev–Trinajstić information content (AvgIpc) is 2.77. The van der Waals surface area contributed by atoms with Crippen LogP contribution in [0.15, 0.2) is 43.5 Å². The second-order valence-electron chi connectivity index (χ2n) is 4.81. The van der Waals surface area contributed by atoms with E-state index in [2.05, 4.69) is 36.4 Å². The van der Waals surface area contributed by atoms with Gasteiger partial charge in [-0.05, 0) is 24.1 Å². The molecule has 19 heavy (non-hydrogen) atoms. The lowest BCUT2D eigenvalue weighted by Crippen LogP contribution is -2.28. The minimum Gasteiger partial charge on any atom is -0.326 e. The molecule has 1 N–H and O–H groups in total. The number of hydrogen-bond acceptors (Lipinski definition) is 2. The number of amides is 1. The highest BCUT2D eigenvalue weighted by molar-refractivity contribution is 5.99. The molecule has 0 saturated heterocycles. The molecule has 1 amide bonds. The Kier molecular flexibility index (Phi) is 4.17. The SMILES string of the molecule is C=CCN(CC=C)C(C)c1cccc2c1CC(=O)N2. The first-order chi connectivity index (χ1) is 9.17. The van der Waals surface area contributed by atoms with Crippen molar-refractivity contribution in [1.29, 1.82) is 0 Å². The normalized spacial score (nSPS) is 14.9. The maximum absolute atomic E-state index is 11.5. The first-order valence-corrected chi connectivity index (χ1v) is 6.54. The van der Waals surface area contributed by atoms with Gasteiger partial charge in [-0.2, -0.15) is 0 Å². The summed E-state index contributed by atoms with van der Waals surface area (Å²) in [4.78, 5) is 13.8. The van der Waals surface area contributed by atoms with Crippen LogP contribution in [0.3, 0.4) is 0 Å². The third-order valence-corrected chi connectivity index (χ3v) is 3.55. The predicted molar refractivity (Wildman–Crippen MR) is 79.2 cm³/mol. The number of nitrogens with one attached hydrogen (secondary N) is 1. The molecular formula is C16H20N2O. The lowest BCUT2D eigenvalue weighted by molar-refractivity contribution is -0.115. The van der Waals surface area contributed by atoms with Gasteiger partial charge in [0.05, 0.1) is 6.42 Å². The molecule has 0 aliphatic carbocycles. The molecule has 3 nitrogen and oxygen atoms in total. The molecule has 0 saturated carbocycles. The Morgan fingerprint density at radius 1 is 1.37 bits per heavy atom. The molecule has 3 heteroatoms. The standard InChI is InChI=1S/C16H20N2O/c1-4-9-18(10-5-2)12(3)13-7-6-8-15-14(13)11-16(19)17-15/h4-8,12H,1-2,9-11H2,3H3,(H,17,19). The zero-order valence-corrected chi connectivity index (χ0v) is 11.4. The van der Waals surface area contributed by atoms with E-state index in [9.17, 15) is 4.79 Å². The van der Waals surface area contributed by atoms with Gasteiger partial charge in [0.25, 0.3) is 0 Å². The van der Waals surface area contributed by atoms with Crippen LogP contribution in [-0.4, -0.2) is 23.9 Å². The van der Waals surface area contributed by atoms with Crippen LogP contribution in [0.25, 0.3) is 0 Å². The molecule has 2 rings (SSSR count). The summed E-state index contributed by atoms with van der Waals surface area (Å²) in [5.74, 6) is 0.0774. The van der Waals surface area contributed by atoms with Gasteiger partial charge >= 0.3 is 0 Å². The third-order valence-electron chi connectivity index (χ3n) is 3.55. The van der Waals surface area contributed by atoms with Gasteiger partial charge in [-0.25, -0.2) is 0 Å². The minimum atomic E-state index is 0.0774. The minimum absolute atomic E-state index is 0.0774. The second-order valence-corrected chi connectivity index (χ2v) is 4.81. The van der Waals surface area contributed by atoms with Crippen LogP contribution < -0.4 is 5.32 Å². The number of hydrogen-bond donors (Lipinski definition) is 1. The van der Waals surface area contributed by atoms with Gasteiger partial charge in [0.15, 0.2) is 0 Å². The van der Waals surface area contributed by atoms with Gasteiger partial charge in [0, 0.05) is 24.8 Å². The largest absolute Gasteiger partial charge is 0.326 e. The summed E-state index contributed by atoms with van der Waals surface area (Å²) in [5, 5.41) is 2.90. The summed E-state index contributed by atoms with van der Waals surface area (Å²) in [6, 6.07) is 6.29. The fourth-order valence-electron chi connectivity index (χ4n) is 2.58. The van der Waals surface area contributed by atoms with E-state index < -0.39 is 0 Å². The number of nitrogens with zero attached hydrogens (tertiary/aromatic N) is 1. The van der Waals surface area contributed by atoms with Crippen LogP contribution in [0.5, 0.6) is 0 Å². The van der Waals surface area contributed by atoms with Crippen molar-refractivity contribution in [2.24, 2.45) is 0 Å². The number of rotatable bonds is 6. The van der Waals surface area contributed by atoms with Crippen LogP contribution in [0.1, 0.15) is 24.1 Å². The summed E-state index contributed by atoms with van der Waals surface area (Å²) < 4.78 is 0. The molecule has 0 radical (unpaired) electrons. The molecule has 0 bridgehead atoms. The molecule has 1 aliphatic rings. The Hall–Kier alpha value is -1.87. The van der Waals surface area contributed by atoms with Crippen molar-refractivity contribution in [3.63, 3.8) is 0 Å². The first-order valence-electron chi connectivity index (χ1n) is 6.54. The second kappa shape index (κ2) is 5.85. The van der Waals surface area contributed by atoms with Crippen LogP contribution in [0.4, 0.5) is 5.69 Å². The molecule has 0 fully saturated rings. The molecule has 1 atom stereocenters. The maximum atomic E-state index is 11.5. The summed E-state index contributed by atoms with van der Waals surface area (Å²) >= 11 is 0. The molecule has 100 valence electrons. The van der Waals surface area contributed by atoms with E-state index in [1.807, 2.05) is 24.3 Å². The fraction of sp³-hybridized carbons (Fsp3) is 0.312. The Labute approximate surface area is 114 Å². The first kappa shape index (κ1) is 13.6. The van der Waals surface area contributed by atoms with Crippen molar-refractivity contribution in [2.45, 2.75) is 19.4 Å². The summed E-state index contributed by atoms with van der Waals surface area (Å²) in [6.45, 7) is 11.4. The highest BCUT2D eigenvalue weighted by Gasteiger charge is 2.24. The predicted octanol–water partition coefficient (Wildman–Crippen LogP) is 2.92. The van der Waals surface area contributed by atoms with Crippen LogP contribution >= 0.6 is 0 Å². The smallest absolute Gasteiger partial charge is 0.228 e. The Bertz CT molecular complexity index is 497. The number of carbonyl (C=O) groups excluding carboxylic acids is 1. The summed E-state index contributed by atoms with van der Waals surface area (Å²) in [5.41, 5.74) is 3.28. The van der Waals surface area contributed by atoms with Crippen molar-refractivity contribution in [3.8, 4) is 0 Å². The Morgan fingerprint density at radius 3 is 2.68 bits per heavy atom. The zero-order valence-electron chi connectivity index (χ0n) is 11.4. The molecule has 0 spiro atoms. The molecule has 1 aromatic carbocycles. The van der Waals surface area contributed by atoms with Crippen molar-refractivity contribution in [3.05, 3.63) is 54.6 Å². The maximum Gasteiger partial charge on any atom is 0.228 e. The van der Waals surface area contributed by atoms with Gasteiger partial charge in [-0.15, -0.1) is 13.2 Å². The van der Waals surface area contributed by atoms with E-state index >= 15 is 0 Å². The van der Waals surface area contributed by atoms with Crippen molar-refractivity contribution in [2.75, 3.05) is 18.4 Å². The molecule has 1 aliphatic heterocycles. The monoisotopic (exact) mass is 256 g/mol. The van der Waals surface area contributed by atoms with E-state index in [0.717, 1.165) is 24.3 Å². The van der Waals surface area contributed by atoms with Crippen molar-refractivity contribution < 1.29 is 4.79 Å². The highest BCUT2D eigenvalue weighted by Crippen LogP contribution is 2.32. The molecular weight excluding hydrogens is 236 g/mol. The Morgan fingerprint density at radius 2 is 2.05 bits per heavy atom. The number of carbonyl (C=O) groups is 1. The topological polar surface area (TPSA) is 32.3 Å². The lowest BCUT2D eigenvalue weighted by atomic mass is 9.98. The lowest BCUT2D eigenvalue weighted by Gasteiger charge is -2.28. The quantitative estimate of drug-likeness (QED) is 0.794. The van der Waals surface area contributed by atoms with Crippen molar-refractivity contribution in [1.82, 2.24) is 4.90 Å². The highest BCUT2D eigenvalue weighted by atomic mass is 16.1. The number of fused-ring (bicyclic) bond motifs is 1. The van der Waals surface area contributed by atoms with Gasteiger partial charge in [-0.1, -0.05) is 24.3 Å². The van der Waals surface area contributed by atoms with Gasteiger partial charge < -0.3 is 5.32 Å². The van der Waals surface area contributed by atoms with Crippen molar-refractivity contribution >= 4 is 11.6 Å². The summed E-state index contributed by atoms with van der Waals surface area (Å²) in [6.07, 6.45) is 4.27. The van der Waals surface area contributed by atoms with E-state index in [-0.39, 0.29) is 11.9 Å². The van der Waals surface area contributed by atoms with E-state index in [1.165, 1.54) is 5.56 Å². The molecule has 0 aromatic heterocycles. The number of anilines is 1. The van der Waals surface area contributed by atoms with Gasteiger partial charge in [0.1, 0.15) is 0 Å². The van der Waals surface area contributed by atoms with E-state index in [1.54, 1.807) is 0 Å². The van der Waals surface area contributed by atoms with Crippen LogP contribution in [0.2, 0.25) is 0 Å². The van der Waals surface area contributed by atoms with E-state index in [0.29, 0.717) is 6.42 Å². The molecule has 1 heterocycles. The Balaban J connectivity index is 2.30.